The number of unbranched alkanes of at least 4 members (excludes halogenated alkanes) is 7. The topological polar surface area (TPSA) is 66.4 Å². The monoisotopic (exact) mass is 272 g/mol. The largest absolute Gasteiger partial charge is 1.00 e. The van der Waals surface area contributed by atoms with Crippen LogP contribution in [0.3, 0.4) is 0 Å². The second-order valence-electron chi connectivity index (χ2n) is 3.79. The molecule has 0 N–H and O–H groups in total. The summed E-state index contributed by atoms with van der Waals surface area (Å²) < 4.78 is 34.0. The molecule has 0 atom stereocenters. The molecule has 0 aromatic heterocycles. The molecule has 17 heavy (non-hydrogen) atoms. The molecule has 0 saturated carbocycles. The summed E-state index contributed by atoms with van der Waals surface area (Å²) in [5.41, 5.74) is 0. The van der Waals surface area contributed by atoms with Gasteiger partial charge in [0.25, 0.3) is 10.4 Å². The molecule has 0 fully saturated rings. The van der Waals surface area contributed by atoms with Gasteiger partial charge in [-0.05, 0) is 18.9 Å². The Labute approximate surface area is 127 Å². The summed E-state index contributed by atoms with van der Waals surface area (Å²) in [4.78, 5) is 0. The van der Waals surface area contributed by atoms with Crippen LogP contribution < -0.4 is 29.6 Å². The van der Waals surface area contributed by atoms with E-state index in [1.54, 1.807) is 6.08 Å². The zero-order valence-corrected chi connectivity index (χ0v) is 13.7. The van der Waals surface area contributed by atoms with Crippen LogP contribution in [-0.2, 0) is 14.6 Å². The van der Waals surface area contributed by atoms with E-state index >= 15 is 0 Å². The first-order valence-corrected chi connectivity index (χ1v) is 7.18. The summed E-state index contributed by atoms with van der Waals surface area (Å²) in [6.07, 6.45) is 11.8. The summed E-state index contributed by atoms with van der Waals surface area (Å²) in [7, 11) is -4.57. The predicted octanol–water partition coefficient (Wildman–Crippen LogP) is 0.122. The summed E-state index contributed by atoms with van der Waals surface area (Å²) in [5.74, 6) is 0. The molecule has 6 heteroatoms. The van der Waals surface area contributed by atoms with Gasteiger partial charge in [0.2, 0.25) is 0 Å². The van der Waals surface area contributed by atoms with Crippen LogP contribution in [0, 0.1) is 0 Å². The number of allylic oxidation sites excluding steroid dienone is 1. The van der Waals surface area contributed by atoms with E-state index in [0.717, 1.165) is 25.5 Å². The fraction of sp³-hybridized carbons (Fsp3) is 0.818. The van der Waals surface area contributed by atoms with Gasteiger partial charge < -0.3 is 8.74 Å². The quantitative estimate of drug-likeness (QED) is 0.186. The third kappa shape index (κ3) is 19.0. The van der Waals surface area contributed by atoms with Crippen molar-refractivity contribution in [1.82, 2.24) is 0 Å². The molecule has 96 valence electrons. The normalized spacial score (nSPS) is 11.4. The molecule has 0 unspecified atom stereocenters. The average molecular weight is 272 g/mol. The first-order chi connectivity index (χ1) is 7.56. The minimum absolute atomic E-state index is 0. The van der Waals surface area contributed by atoms with E-state index in [1.807, 2.05) is 0 Å². The van der Waals surface area contributed by atoms with Crippen molar-refractivity contribution in [2.24, 2.45) is 0 Å². The van der Waals surface area contributed by atoms with E-state index in [0.29, 0.717) is 0 Å². The number of hydrogen-bond donors (Lipinski definition) is 0. The third-order valence-corrected chi connectivity index (χ3v) is 2.59. The van der Waals surface area contributed by atoms with Crippen LogP contribution in [-0.4, -0.2) is 13.0 Å². The molecule has 0 bridgehead atoms. The van der Waals surface area contributed by atoms with Gasteiger partial charge in [-0.3, -0.25) is 0 Å². The summed E-state index contributed by atoms with van der Waals surface area (Å²) in [6, 6.07) is 0. The third-order valence-electron chi connectivity index (χ3n) is 2.24. The van der Waals surface area contributed by atoms with Crippen LogP contribution in [0.25, 0.3) is 0 Å². The van der Waals surface area contributed by atoms with Gasteiger partial charge in [-0.15, -0.1) is 0 Å². The zero-order chi connectivity index (χ0) is 12.3. The van der Waals surface area contributed by atoms with E-state index in [1.165, 1.54) is 32.1 Å². The Balaban J connectivity index is 0. The minimum atomic E-state index is -4.57. The molecule has 0 rings (SSSR count). The summed E-state index contributed by atoms with van der Waals surface area (Å²) >= 11 is 0. The molecular formula is C11H21NaO4S. The Bertz CT molecular complexity index is 275. The van der Waals surface area contributed by atoms with Gasteiger partial charge in [-0.1, -0.05) is 45.4 Å². The Morgan fingerprint density at radius 1 is 1.06 bits per heavy atom. The number of hydrogen-bond acceptors (Lipinski definition) is 4. The molecule has 0 aromatic carbocycles. The summed E-state index contributed by atoms with van der Waals surface area (Å²) in [6.45, 7) is 2.19. The molecule has 0 aliphatic heterocycles. The molecule has 4 nitrogen and oxygen atoms in total. The second-order valence-corrected chi connectivity index (χ2v) is 4.80. The maximum absolute atomic E-state index is 10.0. The zero-order valence-electron chi connectivity index (χ0n) is 10.9. The van der Waals surface area contributed by atoms with Gasteiger partial charge in [-0.25, -0.2) is 8.42 Å². The molecular weight excluding hydrogens is 251 g/mol. The maximum atomic E-state index is 10.0. The Kier molecular flexibility index (Phi) is 15.0. The second kappa shape index (κ2) is 12.9. The Hall–Kier alpha value is 0.450. The van der Waals surface area contributed by atoms with Crippen molar-refractivity contribution in [3.8, 4) is 0 Å². The predicted molar refractivity (Wildman–Crippen MR) is 62.5 cm³/mol. The van der Waals surface area contributed by atoms with Crippen molar-refractivity contribution in [1.29, 1.82) is 0 Å². The van der Waals surface area contributed by atoms with Crippen LogP contribution in [0.2, 0.25) is 0 Å². The molecule has 0 aromatic rings. The molecule has 0 radical (unpaired) electrons. The van der Waals surface area contributed by atoms with Crippen molar-refractivity contribution >= 4 is 10.4 Å². The van der Waals surface area contributed by atoms with Gasteiger partial charge in [-0.2, -0.15) is 0 Å². The van der Waals surface area contributed by atoms with E-state index in [9.17, 15) is 13.0 Å². The van der Waals surface area contributed by atoms with Gasteiger partial charge in [0, 0.05) is 0 Å². The van der Waals surface area contributed by atoms with E-state index in [-0.39, 0.29) is 29.6 Å². The summed E-state index contributed by atoms with van der Waals surface area (Å²) in [5, 5.41) is 0. The van der Waals surface area contributed by atoms with Gasteiger partial charge in [0.1, 0.15) is 6.26 Å². The van der Waals surface area contributed by atoms with Gasteiger partial charge in [0.15, 0.2) is 0 Å². The van der Waals surface area contributed by atoms with Crippen LogP contribution in [0.4, 0.5) is 0 Å². The fourth-order valence-corrected chi connectivity index (χ4v) is 1.61. The van der Waals surface area contributed by atoms with E-state index < -0.39 is 10.4 Å². The van der Waals surface area contributed by atoms with Crippen molar-refractivity contribution in [3.63, 3.8) is 0 Å². The first kappa shape index (κ1) is 19.8. The molecule has 0 saturated heterocycles. The molecule has 0 aliphatic rings. The van der Waals surface area contributed by atoms with Crippen LogP contribution >= 0.6 is 0 Å². The average Bonchev–Trinajstić information content (AvgIpc) is 2.19. The Morgan fingerprint density at radius 3 is 2.12 bits per heavy atom. The van der Waals surface area contributed by atoms with E-state index in [2.05, 4.69) is 11.1 Å². The van der Waals surface area contributed by atoms with E-state index in [4.69, 9.17) is 0 Å². The Morgan fingerprint density at radius 2 is 1.59 bits per heavy atom. The first-order valence-electron chi connectivity index (χ1n) is 5.85. The minimum Gasteiger partial charge on any atom is -0.716 e. The standard InChI is InChI=1S/C11H22O4S.Na/c1-2-3-4-5-6-7-8-9-10-11-15-16(12,13)14;/h10-11H,2-9H2,1H3,(H,12,13,14);/q;+1/p-1. The fourth-order valence-electron chi connectivity index (χ4n) is 1.39. The molecule has 0 amide bonds. The molecule has 0 spiro atoms. The van der Waals surface area contributed by atoms with Crippen LogP contribution in [0.1, 0.15) is 58.3 Å². The van der Waals surface area contributed by atoms with Gasteiger partial charge in [0.05, 0.1) is 0 Å². The van der Waals surface area contributed by atoms with Crippen LogP contribution in [0.15, 0.2) is 12.3 Å². The smallest absolute Gasteiger partial charge is 0.716 e. The van der Waals surface area contributed by atoms with Crippen LogP contribution in [0.5, 0.6) is 0 Å². The van der Waals surface area contributed by atoms with Crippen molar-refractivity contribution in [3.05, 3.63) is 12.3 Å². The van der Waals surface area contributed by atoms with Crippen molar-refractivity contribution in [2.45, 2.75) is 58.3 Å². The van der Waals surface area contributed by atoms with Crippen molar-refractivity contribution in [2.75, 3.05) is 0 Å². The SMILES string of the molecule is CCCCCCCCCC=COS(=O)(=O)[O-].[Na+]. The van der Waals surface area contributed by atoms with Gasteiger partial charge >= 0.3 is 29.6 Å². The van der Waals surface area contributed by atoms with Crippen molar-refractivity contribution < 1.29 is 46.7 Å². The maximum Gasteiger partial charge on any atom is 1.00 e. The molecule has 0 aliphatic carbocycles. The number of rotatable bonds is 10. The molecule has 0 heterocycles.